The Morgan fingerprint density at radius 1 is 0.542 bits per heavy atom. The molecule has 0 saturated heterocycles. The summed E-state index contributed by atoms with van der Waals surface area (Å²) in [6.07, 6.45) is -0.459. The summed E-state index contributed by atoms with van der Waals surface area (Å²) < 4.78 is 0. The molecular weight excluding hydrogens is 304 g/mol. The van der Waals surface area contributed by atoms with E-state index in [2.05, 4.69) is 0 Å². The van der Waals surface area contributed by atoms with Gasteiger partial charge in [-0.2, -0.15) is 0 Å². The molecular formula is C20H16O4. The Morgan fingerprint density at radius 2 is 0.833 bits per heavy atom. The minimum absolute atomic E-state index is 0.0311. The van der Waals surface area contributed by atoms with Gasteiger partial charge in [0.1, 0.15) is 11.6 Å². The molecule has 2 N–H and O–H groups in total. The van der Waals surface area contributed by atoms with E-state index in [0.717, 1.165) is 0 Å². The van der Waals surface area contributed by atoms with Gasteiger partial charge >= 0.3 is 0 Å². The summed E-state index contributed by atoms with van der Waals surface area (Å²) in [4.78, 5) is 26.9. The third-order valence-corrected chi connectivity index (χ3v) is 13.6. The number of Topliss-reactive ketones (excluding diaryl/α,β-unsaturated/α-hetero) is 2. The Kier molecular flexibility index (Phi) is 0.860. The van der Waals surface area contributed by atoms with Crippen LogP contribution in [-0.2, 0) is 9.59 Å². The average Bonchev–Trinajstić information content (AvgIpc) is 3.33. The Hall–Kier alpha value is -0.740. The minimum Gasteiger partial charge on any atom is -0.392 e. The Balaban J connectivity index is 1.52. The van der Waals surface area contributed by atoms with E-state index in [4.69, 9.17) is 0 Å². The molecule has 0 heterocycles. The molecule has 120 valence electrons. The van der Waals surface area contributed by atoms with E-state index in [1.807, 2.05) is 0 Å². The number of carbonyl (C=O) groups is 2. The fraction of sp³-hybridized carbons (Fsp3) is 0.900. The van der Waals surface area contributed by atoms with Gasteiger partial charge < -0.3 is 10.2 Å². The second-order valence-corrected chi connectivity index (χ2v) is 11.6. The molecule has 8 atom stereocenters. The van der Waals surface area contributed by atoms with Crippen LogP contribution in [-0.4, -0.2) is 34.0 Å². The van der Waals surface area contributed by atoms with Crippen LogP contribution >= 0.6 is 0 Å². The third-order valence-electron chi connectivity index (χ3n) is 13.6. The average molecular weight is 320 g/mol. The maximum absolute atomic E-state index is 13.5. The SMILES string of the molecule is O=C1C2C3C4C1C15C6C(O)C7C8C6C6C(O)C8C8(C3C(=O)C4C618)C275. The molecule has 0 radical (unpaired) electrons. The van der Waals surface area contributed by atoms with Gasteiger partial charge in [-0.3, -0.25) is 9.59 Å². The van der Waals surface area contributed by atoms with E-state index in [1.165, 1.54) is 0 Å². The maximum atomic E-state index is 13.5. The largest absolute Gasteiger partial charge is 0.392 e. The van der Waals surface area contributed by atoms with Crippen molar-refractivity contribution in [1.82, 2.24) is 0 Å². The van der Waals surface area contributed by atoms with Gasteiger partial charge in [0.15, 0.2) is 0 Å². The number of ketones is 2. The van der Waals surface area contributed by atoms with Gasteiger partial charge in [-0.15, -0.1) is 0 Å². The number of aliphatic hydroxyl groups excluding tert-OH is 2. The number of carbonyl (C=O) groups excluding carboxylic acids is 2. The molecule has 0 aliphatic heterocycles. The zero-order valence-electron chi connectivity index (χ0n) is 12.8. The lowest BCUT2D eigenvalue weighted by Gasteiger charge is -2.73. The van der Waals surface area contributed by atoms with Crippen LogP contribution in [0.4, 0.5) is 0 Å². The zero-order chi connectivity index (χ0) is 15.2. The van der Waals surface area contributed by atoms with Crippen molar-refractivity contribution >= 4 is 11.6 Å². The lowest BCUT2D eigenvalue weighted by atomic mass is 9.28. The summed E-state index contributed by atoms with van der Waals surface area (Å²) in [6.45, 7) is 0. The van der Waals surface area contributed by atoms with Gasteiger partial charge in [-0.25, -0.2) is 0 Å². The second kappa shape index (κ2) is 1.98. The fourth-order valence-corrected chi connectivity index (χ4v) is 16.0. The summed E-state index contributed by atoms with van der Waals surface area (Å²) in [6, 6.07) is 0. The fourth-order valence-electron chi connectivity index (χ4n) is 16.0. The van der Waals surface area contributed by atoms with E-state index in [1.54, 1.807) is 0 Å². The highest BCUT2D eigenvalue weighted by molar-refractivity contribution is 6.08. The van der Waals surface area contributed by atoms with Gasteiger partial charge in [0.25, 0.3) is 0 Å². The van der Waals surface area contributed by atoms with Gasteiger partial charge in [0, 0.05) is 45.3 Å². The van der Waals surface area contributed by atoms with Crippen LogP contribution < -0.4 is 0 Å². The first-order chi connectivity index (χ1) is 11.6. The Morgan fingerprint density at radius 3 is 1.12 bits per heavy atom. The molecule has 4 heteroatoms. The third kappa shape index (κ3) is 0.362. The van der Waals surface area contributed by atoms with Crippen LogP contribution in [0.25, 0.3) is 0 Å². The van der Waals surface area contributed by atoms with Gasteiger partial charge in [0.05, 0.1) is 12.2 Å². The van der Waals surface area contributed by atoms with Crippen LogP contribution in [0, 0.1) is 92.7 Å². The first-order valence-electron chi connectivity index (χ1n) is 10.1. The molecule has 0 aromatic rings. The van der Waals surface area contributed by atoms with E-state index >= 15 is 0 Å². The highest BCUT2D eigenvalue weighted by Crippen LogP contribution is 3.21. The maximum Gasteiger partial charge on any atom is 0.140 e. The highest BCUT2D eigenvalue weighted by atomic mass is 16.3. The van der Waals surface area contributed by atoms with Crippen LogP contribution in [0.15, 0.2) is 0 Å². The standard InChI is InChI=1S/C20H16O4/c21-13-5-1-2-7(13)19-11-4-3-9(15(11)23)17(5,19)18-6(1)14(22)8(2)20(18,19)12(4)16(24)10(3)18/h1-14,21-22H. The summed E-state index contributed by atoms with van der Waals surface area (Å²) in [7, 11) is 0. The van der Waals surface area contributed by atoms with Gasteiger partial charge in [-0.05, 0) is 47.3 Å². The molecule has 4 spiro atoms. The molecule has 13 rings (SSSR count). The number of hydrogen-bond acceptors (Lipinski definition) is 4. The van der Waals surface area contributed by atoms with Crippen molar-refractivity contribution in [2.45, 2.75) is 12.2 Å². The van der Waals surface area contributed by atoms with Crippen molar-refractivity contribution in [3.63, 3.8) is 0 Å². The lowest BCUT2D eigenvalue weighted by Crippen LogP contribution is -2.73. The Labute approximate surface area is 137 Å². The van der Waals surface area contributed by atoms with Crippen molar-refractivity contribution in [3.05, 3.63) is 0 Å². The van der Waals surface area contributed by atoms with E-state index in [-0.39, 0.29) is 81.2 Å². The molecule has 8 bridgehead atoms. The normalized spacial score (nSPS) is 98.4. The van der Waals surface area contributed by atoms with Crippen LogP contribution in [0.1, 0.15) is 0 Å². The topological polar surface area (TPSA) is 74.6 Å². The van der Waals surface area contributed by atoms with Crippen LogP contribution in [0.3, 0.4) is 0 Å². The molecule has 13 saturated carbocycles. The second-order valence-electron chi connectivity index (χ2n) is 11.6. The molecule has 8 unspecified atom stereocenters. The van der Waals surface area contributed by atoms with Crippen LogP contribution in [0.2, 0.25) is 0 Å². The van der Waals surface area contributed by atoms with Gasteiger partial charge in [0.2, 0.25) is 0 Å². The van der Waals surface area contributed by atoms with Gasteiger partial charge in [-0.1, -0.05) is 0 Å². The Bertz CT molecular complexity index is 826. The number of aliphatic hydroxyl groups is 2. The quantitative estimate of drug-likeness (QED) is 0.621. The smallest absolute Gasteiger partial charge is 0.140 e. The number of rotatable bonds is 0. The first-order valence-corrected chi connectivity index (χ1v) is 10.1. The molecule has 0 aromatic heterocycles. The molecule has 24 heavy (non-hydrogen) atoms. The van der Waals surface area contributed by atoms with Crippen molar-refractivity contribution in [1.29, 1.82) is 0 Å². The van der Waals surface area contributed by atoms with E-state index < -0.39 is 0 Å². The van der Waals surface area contributed by atoms with Crippen molar-refractivity contribution in [2.75, 3.05) is 0 Å². The molecule has 0 amide bonds. The summed E-state index contributed by atoms with van der Waals surface area (Å²) in [5.74, 6) is 3.98. The first kappa shape index (κ1) is 10.4. The van der Waals surface area contributed by atoms with E-state index in [0.29, 0.717) is 35.2 Å². The summed E-state index contributed by atoms with van der Waals surface area (Å²) >= 11 is 0. The summed E-state index contributed by atoms with van der Waals surface area (Å²) in [5.41, 5.74) is -0.124. The lowest BCUT2D eigenvalue weighted by molar-refractivity contribution is -0.297. The monoisotopic (exact) mass is 320 g/mol. The van der Waals surface area contributed by atoms with E-state index in [9.17, 15) is 19.8 Å². The number of hydrogen-bond donors (Lipinski definition) is 2. The highest BCUT2D eigenvalue weighted by Gasteiger charge is 3.24. The minimum atomic E-state index is -0.230. The van der Waals surface area contributed by atoms with Crippen molar-refractivity contribution in [3.8, 4) is 0 Å². The van der Waals surface area contributed by atoms with Crippen molar-refractivity contribution < 1.29 is 19.8 Å². The zero-order valence-corrected chi connectivity index (χ0v) is 12.8. The van der Waals surface area contributed by atoms with Crippen LogP contribution in [0.5, 0.6) is 0 Å². The predicted molar refractivity (Wildman–Crippen MR) is 73.6 cm³/mol. The van der Waals surface area contributed by atoms with Crippen molar-refractivity contribution in [2.24, 2.45) is 92.7 Å². The molecule has 13 aliphatic rings. The molecule has 0 aromatic carbocycles. The molecule has 13 fully saturated rings. The molecule has 4 nitrogen and oxygen atoms in total. The molecule has 13 aliphatic carbocycles. The summed E-state index contributed by atoms with van der Waals surface area (Å²) in [5, 5.41) is 22.7. The predicted octanol–water partition coefficient (Wildman–Crippen LogP) is -0.664.